The molecule has 0 radical (unpaired) electrons. The van der Waals surface area contributed by atoms with E-state index in [1.54, 1.807) is 13.0 Å². The summed E-state index contributed by atoms with van der Waals surface area (Å²) in [5.41, 5.74) is 1.42. The van der Waals surface area contributed by atoms with Crippen molar-refractivity contribution in [3.63, 3.8) is 0 Å². The zero-order chi connectivity index (χ0) is 15.9. The Morgan fingerprint density at radius 3 is 2.36 bits per heavy atom. The second-order valence-corrected chi connectivity index (χ2v) is 7.88. The maximum atomic E-state index is 12.6. The Balaban J connectivity index is 1.98. The minimum atomic E-state index is -3.72. The highest BCUT2D eigenvalue weighted by Gasteiger charge is 2.23. The number of hydrogen-bond donors (Lipinski definition) is 1. The van der Waals surface area contributed by atoms with E-state index in [-0.39, 0.29) is 4.90 Å². The van der Waals surface area contributed by atoms with E-state index in [1.807, 2.05) is 13.8 Å². The predicted octanol–water partition coefficient (Wildman–Crippen LogP) is 2.64. The van der Waals surface area contributed by atoms with Crippen LogP contribution in [0, 0.1) is 20.8 Å². The number of sulfonamides is 1. The number of rotatable bonds is 3. The molecule has 0 unspecified atom stereocenters. The first-order valence-electron chi connectivity index (χ1n) is 6.74. The van der Waals surface area contributed by atoms with E-state index in [2.05, 4.69) is 9.71 Å². The molecule has 1 aliphatic rings. The molecule has 0 bridgehead atoms. The number of ether oxygens (including phenoxy) is 2. The van der Waals surface area contributed by atoms with E-state index in [4.69, 9.17) is 9.47 Å². The fraction of sp³-hybridized carbons (Fsp3) is 0.357. The van der Waals surface area contributed by atoms with Gasteiger partial charge in [0.05, 0.1) is 10.6 Å². The lowest BCUT2D eigenvalue weighted by Gasteiger charge is -2.20. The summed E-state index contributed by atoms with van der Waals surface area (Å²) in [6.07, 6.45) is 0. The summed E-state index contributed by atoms with van der Waals surface area (Å²) in [6, 6.07) is 3.18. The number of fused-ring (bicyclic) bond motifs is 1. The molecule has 2 aromatic rings. The molecule has 0 saturated heterocycles. The fourth-order valence-electron chi connectivity index (χ4n) is 2.15. The Labute approximate surface area is 133 Å². The van der Waals surface area contributed by atoms with Gasteiger partial charge in [-0.05, 0) is 32.4 Å². The van der Waals surface area contributed by atoms with Crippen molar-refractivity contribution in [1.82, 2.24) is 4.98 Å². The summed E-state index contributed by atoms with van der Waals surface area (Å²) in [4.78, 5) is 5.36. The second-order valence-electron chi connectivity index (χ2n) is 5.03. The molecule has 0 fully saturated rings. The van der Waals surface area contributed by atoms with Crippen LogP contribution < -0.4 is 14.2 Å². The molecule has 3 rings (SSSR count). The monoisotopic (exact) mass is 340 g/mol. The van der Waals surface area contributed by atoms with Crippen molar-refractivity contribution < 1.29 is 17.9 Å². The van der Waals surface area contributed by atoms with Gasteiger partial charge in [-0.2, -0.15) is 0 Å². The van der Waals surface area contributed by atoms with E-state index in [9.17, 15) is 8.42 Å². The van der Waals surface area contributed by atoms with Crippen molar-refractivity contribution in [2.75, 3.05) is 17.9 Å². The molecule has 1 N–H and O–H groups in total. The van der Waals surface area contributed by atoms with E-state index in [1.165, 1.54) is 17.4 Å². The Morgan fingerprint density at radius 1 is 1.14 bits per heavy atom. The lowest BCUT2D eigenvalue weighted by Crippen LogP contribution is -2.18. The predicted molar refractivity (Wildman–Crippen MR) is 84.6 cm³/mol. The second kappa shape index (κ2) is 5.44. The van der Waals surface area contributed by atoms with Crippen molar-refractivity contribution in [1.29, 1.82) is 0 Å². The molecule has 0 saturated carbocycles. The average Bonchev–Trinajstić information content (AvgIpc) is 2.75. The van der Waals surface area contributed by atoms with Gasteiger partial charge >= 0.3 is 0 Å². The molecule has 118 valence electrons. The lowest BCUT2D eigenvalue weighted by molar-refractivity contribution is 0.171. The minimum Gasteiger partial charge on any atom is -0.486 e. The van der Waals surface area contributed by atoms with Gasteiger partial charge in [-0.1, -0.05) is 0 Å². The Morgan fingerprint density at radius 2 is 1.77 bits per heavy atom. The van der Waals surface area contributed by atoms with Crippen LogP contribution in [-0.2, 0) is 10.0 Å². The molecule has 8 heteroatoms. The summed E-state index contributed by atoms with van der Waals surface area (Å²) in [5, 5.41) is 0.365. The number of aromatic nitrogens is 1. The van der Waals surface area contributed by atoms with Crippen LogP contribution in [0.1, 0.15) is 16.1 Å². The summed E-state index contributed by atoms with van der Waals surface area (Å²) in [5.74, 6) is 1.02. The molecule has 6 nitrogen and oxygen atoms in total. The van der Waals surface area contributed by atoms with Crippen molar-refractivity contribution >= 4 is 26.5 Å². The van der Waals surface area contributed by atoms with Crippen molar-refractivity contribution in [2.45, 2.75) is 25.7 Å². The number of nitrogens with zero attached hydrogens (tertiary/aromatic N) is 1. The number of aryl methyl sites for hydroxylation is 3. The molecular formula is C14H16N2O4S2. The van der Waals surface area contributed by atoms with Gasteiger partial charge in [0.25, 0.3) is 10.0 Å². The normalized spacial score (nSPS) is 14.0. The smallest absolute Gasteiger partial charge is 0.264 e. The summed E-state index contributed by atoms with van der Waals surface area (Å²) < 4.78 is 38.6. The van der Waals surface area contributed by atoms with Crippen LogP contribution >= 0.6 is 11.3 Å². The van der Waals surface area contributed by atoms with E-state index < -0.39 is 10.0 Å². The highest BCUT2D eigenvalue weighted by Crippen LogP contribution is 2.35. The van der Waals surface area contributed by atoms with Crippen molar-refractivity contribution in [3.05, 3.63) is 28.3 Å². The number of anilines is 1. The third kappa shape index (κ3) is 2.76. The van der Waals surface area contributed by atoms with Gasteiger partial charge in [0.15, 0.2) is 16.6 Å². The topological polar surface area (TPSA) is 77.5 Å². The van der Waals surface area contributed by atoms with Crippen LogP contribution in [0.2, 0.25) is 0 Å². The standard InChI is InChI=1S/C14H16N2O4S2/c1-8-6-11-12(20-5-4-19-11)7-13(8)22(17,18)16-14-15-9(2)10(3)21-14/h6-7H,4-5H2,1-3H3,(H,15,16). The Bertz CT molecular complexity index is 808. The van der Waals surface area contributed by atoms with Crippen LogP contribution in [0.4, 0.5) is 5.13 Å². The van der Waals surface area contributed by atoms with Gasteiger partial charge in [0.1, 0.15) is 13.2 Å². The van der Waals surface area contributed by atoms with E-state index >= 15 is 0 Å². The molecule has 22 heavy (non-hydrogen) atoms. The SMILES string of the molecule is Cc1cc2c(cc1S(=O)(=O)Nc1nc(C)c(C)s1)OCCO2. The zero-order valence-corrected chi connectivity index (χ0v) is 14.1. The first-order valence-corrected chi connectivity index (χ1v) is 9.04. The van der Waals surface area contributed by atoms with Crippen molar-refractivity contribution in [3.8, 4) is 11.5 Å². The summed E-state index contributed by atoms with van der Waals surface area (Å²) in [6.45, 7) is 6.35. The van der Waals surface area contributed by atoms with Crippen LogP contribution in [0.15, 0.2) is 17.0 Å². The number of thiazole rings is 1. The molecule has 1 aromatic heterocycles. The van der Waals surface area contributed by atoms with Gasteiger partial charge in [-0.15, -0.1) is 11.3 Å². The molecule has 0 aliphatic carbocycles. The van der Waals surface area contributed by atoms with Crippen LogP contribution in [0.25, 0.3) is 0 Å². The number of hydrogen-bond acceptors (Lipinski definition) is 6. The number of nitrogens with one attached hydrogen (secondary N) is 1. The molecule has 0 spiro atoms. The average molecular weight is 340 g/mol. The zero-order valence-electron chi connectivity index (χ0n) is 12.5. The molecular weight excluding hydrogens is 324 g/mol. The summed E-state index contributed by atoms with van der Waals surface area (Å²) in [7, 11) is -3.72. The third-order valence-electron chi connectivity index (χ3n) is 3.38. The van der Waals surface area contributed by atoms with Crippen molar-refractivity contribution in [2.24, 2.45) is 0 Å². The maximum Gasteiger partial charge on any atom is 0.264 e. The van der Waals surface area contributed by atoms with Gasteiger partial charge in [0, 0.05) is 10.9 Å². The largest absolute Gasteiger partial charge is 0.486 e. The maximum absolute atomic E-state index is 12.6. The van der Waals surface area contributed by atoms with Gasteiger partial charge in [0.2, 0.25) is 0 Å². The van der Waals surface area contributed by atoms with Gasteiger partial charge in [-0.25, -0.2) is 13.4 Å². The minimum absolute atomic E-state index is 0.169. The van der Waals surface area contributed by atoms with Gasteiger partial charge < -0.3 is 9.47 Å². The quantitative estimate of drug-likeness (QED) is 0.929. The highest BCUT2D eigenvalue weighted by atomic mass is 32.2. The van der Waals surface area contributed by atoms with Gasteiger partial charge in [-0.3, -0.25) is 4.72 Å². The first kappa shape index (κ1) is 15.1. The molecule has 1 aliphatic heterocycles. The van der Waals surface area contributed by atoms with E-state index in [0.29, 0.717) is 35.4 Å². The Hall–Kier alpha value is -1.80. The lowest BCUT2D eigenvalue weighted by atomic mass is 10.2. The summed E-state index contributed by atoms with van der Waals surface area (Å²) >= 11 is 1.31. The first-order chi connectivity index (χ1) is 10.4. The third-order valence-corrected chi connectivity index (χ3v) is 5.98. The van der Waals surface area contributed by atoms with Crippen LogP contribution in [-0.4, -0.2) is 26.6 Å². The molecule has 0 atom stereocenters. The molecule has 0 amide bonds. The fourth-order valence-corrected chi connectivity index (χ4v) is 4.44. The highest BCUT2D eigenvalue weighted by molar-refractivity contribution is 7.93. The number of benzene rings is 1. The van der Waals surface area contributed by atoms with Crippen LogP contribution in [0.5, 0.6) is 11.5 Å². The van der Waals surface area contributed by atoms with E-state index in [0.717, 1.165) is 10.6 Å². The Kier molecular flexibility index (Phi) is 3.73. The molecule has 2 heterocycles. The molecule has 1 aromatic carbocycles. The van der Waals surface area contributed by atoms with Crippen LogP contribution in [0.3, 0.4) is 0 Å².